The first-order valence-corrected chi connectivity index (χ1v) is 11.8. The average Bonchev–Trinajstić information content (AvgIpc) is 2.70. The number of amides is 2. The Kier molecular flexibility index (Phi) is 6.89. The van der Waals surface area contributed by atoms with Crippen LogP contribution in [0.25, 0.3) is 0 Å². The first-order chi connectivity index (χ1) is 14.2. The van der Waals surface area contributed by atoms with Crippen LogP contribution in [0.1, 0.15) is 11.1 Å². The number of carbonyl (C=O) groups excluding carboxylic acids is 2. The van der Waals surface area contributed by atoms with Crippen LogP contribution in [0.2, 0.25) is 0 Å². The number of rotatable bonds is 6. The van der Waals surface area contributed by atoms with E-state index in [-0.39, 0.29) is 23.3 Å². The van der Waals surface area contributed by atoms with Crippen LogP contribution in [0, 0.1) is 6.92 Å². The van der Waals surface area contributed by atoms with E-state index < -0.39 is 9.84 Å². The molecule has 1 aliphatic heterocycles. The Hall–Kier alpha value is -2.71. The Morgan fingerprint density at radius 2 is 1.53 bits per heavy atom. The first-order valence-electron chi connectivity index (χ1n) is 9.86. The fraction of sp³-hybridized carbons (Fsp3) is 0.364. The van der Waals surface area contributed by atoms with E-state index in [0.29, 0.717) is 38.3 Å². The predicted octanol–water partition coefficient (Wildman–Crippen LogP) is 1.72. The number of carbonyl (C=O) groups is 2. The lowest BCUT2D eigenvalue weighted by atomic mass is 10.1. The van der Waals surface area contributed by atoms with Crippen molar-refractivity contribution in [1.29, 1.82) is 0 Å². The molecule has 3 rings (SSSR count). The Morgan fingerprint density at radius 3 is 2.10 bits per heavy atom. The molecule has 0 aromatic heterocycles. The van der Waals surface area contributed by atoms with Crippen molar-refractivity contribution < 1.29 is 18.0 Å². The second-order valence-electron chi connectivity index (χ2n) is 7.66. The molecule has 2 aromatic rings. The highest BCUT2D eigenvalue weighted by Gasteiger charge is 2.22. The third-order valence-corrected chi connectivity index (χ3v) is 6.26. The van der Waals surface area contributed by atoms with Gasteiger partial charge in [0.25, 0.3) is 0 Å². The molecule has 7 nitrogen and oxygen atoms in total. The van der Waals surface area contributed by atoms with Gasteiger partial charge in [-0.25, -0.2) is 8.42 Å². The van der Waals surface area contributed by atoms with Crippen molar-refractivity contribution in [3.63, 3.8) is 0 Å². The maximum Gasteiger partial charge on any atom is 0.238 e. The number of aryl methyl sites for hydroxylation is 1. The van der Waals surface area contributed by atoms with Gasteiger partial charge in [-0.15, -0.1) is 0 Å². The number of hydrogen-bond acceptors (Lipinski definition) is 5. The summed E-state index contributed by atoms with van der Waals surface area (Å²) in [5.74, 6) is -0.0598. The van der Waals surface area contributed by atoms with Gasteiger partial charge in [0.15, 0.2) is 9.84 Å². The number of benzene rings is 2. The van der Waals surface area contributed by atoms with Gasteiger partial charge in [0.05, 0.1) is 17.9 Å². The second kappa shape index (κ2) is 9.40. The van der Waals surface area contributed by atoms with Gasteiger partial charge in [-0.05, 0) is 36.8 Å². The van der Waals surface area contributed by atoms with Crippen LogP contribution < -0.4 is 5.32 Å². The third-order valence-electron chi connectivity index (χ3n) is 5.13. The molecule has 0 bridgehead atoms. The van der Waals surface area contributed by atoms with Gasteiger partial charge in [0, 0.05) is 38.1 Å². The van der Waals surface area contributed by atoms with E-state index in [1.165, 1.54) is 17.7 Å². The fourth-order valence-corrected chi connectivity index (χ4v) is 3.97. The molecule has 8 heteroatoms. The summed E-state index contributed by atoms with van der Waals surface area (Å²) >= 11 is 0. The van der Waals surface area contributed by atoms with Crippen LogP contribution in [-0.4, -0.2) is 69.0 Å². The molecular weight excluding hydrogens is 402 g/mol. The van der Waals surface area contributed by atoms with Crippen molar-refractivity contribution in [3.8, 4) is 0 Å². The van der Waals surface area contributed by atoms with E-state index in [9.17, 15) is 18.0 Å². The minimum Gasteiger partial charge on any atom is -0.340 e. The van der Waals surface area contributed by atoms with E-state index in [0.717, 1.165) is 11.8 Å². The highest BCUT2D eigenvalue weighted by molar-refractivity contribution is 7.90. The van der Waals surface area contributed by atoms with Crippen LogP contribution in [0.4, 0.5) is 5.69 Å². The highest BCUT2D eigenvalue weighted by atomic mass is 32.2. The summed E-state index contributed by atoms with van der Waals surface area (Å²) in [4.78, 5) is 28.9. The normalized spacial score (nSPS) is 15.1. The quantitative estimate of drug-likeness (QED) is 0.756. The van der Waals surface area contributed by atoms with Gasteiger partial charge in [-0.2, -0.15) is 0 Å². The zero-order valence-corrected chi connectivity index (χ0v) is 18.1. The molecule has 1 aliphatic rings. The molecule has 0 saturated carbocycles. The van der Waals surface area contributed by atoms with Crippen LogP contribution in [0.5, 0.6) is 0 Å². The summed E-state index contributed by atoms with van der Waals surface area (Å²) in [6.45, 7) is 4.72. The number of hydrogen-bond donors (Lipinski definition) is 1. The fourth-order valence-electron chi connectivity index (χ4n) is 3.34. The maximum atomic E-state index is 12.5. The van der Waals surface area contributed by atoms with E-state index in [4.69, 9.17) is 0 Å². The SMILES string of the molecule is Cc1ccc(CC(=O)N2CCN(CC(=O)Nc3ccc(S(C)(=O)=O)cc3)CC2)cc1. The van der Waals surface area contributed by atoms with Gasteiger partial charge in [0.1, 0.15) is 0 Å². The summed E-state index contributed by atoms with van der Waals surface area (Å²) in [6, 6.07) is 14.1. The smallest absolute Gasteiger partial charge is 0.238 e. The monoisotopic (exact) mass is 429 g/mol. The summed E-state index contributed by atoms with van der Waals surface area (Å²) in [5, 5.41) is 2.78. The predicted molar refractivity (Wildman–Crippen MR) is 116 cm³/mol. The molecule has 2 aromatic carbocycles. The number of piperazine rings is 1. The van der Waals surface area contributed by atoms with Crippen molar-refractivity contribution >= 4 is 27.3 Å². The molecule has 0 spiro atoms. The molecule has 0 aliphatic carbocycles. The topological polar surface area (TPSA) is 86.8 Å². The van der Waals surface area contributed by atoms with Crippen LogP contribution in [0.3, 0.4) is 0 Å². The van der Waals surface area contributed by atoms with E-state index >= 15 is 0 Å². The number of nitrogens with zero attached hydrogens (tertiary/aromatic N) is 2. The zero-order chi connectivity index (χ0) is 21.7. The van der Waals surface area contributed by atoms with Crippen molar-refractivity contribution in [1.82, 2.24) is 9.80 Å². The lowest BCUT2D eigenvalue weighted by Crippen LogP contribution is -2.50. The molecule has 1 heterocycles. The summed E-state index contributed by atoms with van der Waals surface area (Å²) < 4.78 is 23.0. The van der Waals surface area contributed by atoms with Gasteiger partial charge in [0.2, 0.25) is 11.8 Å². The van der Waals surface area contributed by atoms with Crippen LogP contribution in [-0.2, 0) is 25.8 Å². The minimum absolute atomic E-state index is 0.105. The first kappa shape index (κ1) is 22.0. The Balaban J connectivity index is 1.44. The van der Waals surface area contributed by atoms with Crippen LogP contribution >= 0.6 is 0 Å². The van der Waals surface area contributed by atoms with Crippen molar-refractivity contribution in [2.24, 2.45) is 0 Å². The Bertz CT molecular complexity index is 994. The zero-order valence-electron chi connectivity index (χ0n) is 17.3. The molecular formula is C22H27N3O4S. The summed E-state index contributed by atoms with van der Waals surface area (Å²) in [7, 11) is -3.26. The molecule has 1 saturated heterocycles. The molecule has 1 fully saturated rings. The van der Waals surface area contributed by atoms with Gasteiger partial charge in [-0.3, -0.25) is 14.5 Å². The summed E-state index contributed by atoms with van der Waals surface area (Å²) in [6.07, 6.45) is 1.54. The van der Waals surface area contributed by atoms with Crippen molar-refractivity contribution in [3.05, 3.63) is 59.7 Å². The lowest BCUT2D eigenvalue weighted by Gasteiger charge is -2.34. The number of anilines is 1. The van der Waals surface area contributed by atoms with Crippen molar-refractivity contribution in [2.45, 2.75) is 18.2 Å². The Morgan fingerprint density at radius 1 is 0.933 bits per heavy atom. The van der Waals surface area contributed by atoms with E-state index in [2.05, 4.69) is 5.32 Å². The third kappa shape index (κ3) is 6.14. The number of nitrogens with one attached hydrogen (secondary N) is 1. The van der Waals surface area contributed by atoms with E-state index in [1.807, 2.05) is 41.0 Å². The van der Waals surface area contributed by atoms with Gasteiger partial charge in [-0.1, -0.05) is 29.8 Å². The number of sulfone groups is 1. The Labute approximate surface area is 177 Å². The van der Waals surface area contributed by atoms with E-state index in [1.54, 1.807) is 12.1 Å². The van der Waals surface area contributed by atoms with Crippen molar-refractivity contribution in [2.75, 3.05) is 44.3 Å². The standard InChI is InChI=1S/C22H27N3O4S/c1-17-3-5-18(6-4-17)15-22(27)25-13-11-24(12-14-25)16-21(26)23-19-7-9-20(10-8-19)30(2,28)29/h3-10H,11-16H2,1-2H3,(H,23,26). The molecule has 0 unspecified atom stereocenters. The van der Waals surface area contributed by atoms with Crippen LogP contribution in [0.15, 0.2) is 53.4 Å². The summed E-state index contributed by atoms with van der Waals surface area (Å²) in [5.41, 5.74) is 2.73. The minimum atomic E-state index is -3.26. The largest absolute Gasteiger partial charge is 0.340 e. The highest BCUT2D eigenvalue weighted by Crippen LogP contribution is 2.14. The van der Waals surface area contributed by atoms with Gasteiger partial charge < -0.3 is 10.2 Å². The molecule has 2 amide bonds. The lowest BCUT2D eigenvalue weighted by molar-refractivity contribution is -0.132. The molecule has 1 N–H and O–H groups in total. The molecule has 0 atom stereocenters. The molecule has 0 radical (unpaired) electrons. The maximum absolute atomic E-state index is 12.5. The second-order valence-corrected chi connectivity index (χ2v) is 9.68. The molecule has 30 heavy (non-hydrogen) atoms. The molecule has 160 valence electrons. The average molecular weight is 430 g/mol. The van der Waals surface area contributed by atoms with Gasteiger partial charge >= 0.3 is 0 Å².